The van der Waals surface area contributed by atoms with Crippen LogP contribution >= 0.6 is 23.4 Å². The molecule has 0 N–H and O–H groups in total. The summed E-state index contributed by atoms with van der Waals surface area (Å²) in [6, 6.07) is 12.4. The van der Waals surface area contributed by atoms with Gasteiger partial charge in [0.1, 0.15) is 15.7 Å². The summed E-state index contributed by atoms with van der Waals surface area (Å²) >= 11 is 7.52. The van der Waals surface area contributed by atoms with Gasteiger partial charge in [-0.05, 0) is 47.0 Å². The van der Waals surface area contributed by atoms with Crippen LogP contribution in [0.3, 0.4) is 0 Å². The van der Waals surface area contributed by atoms with E-state index in [0.717, 1.165) is 33.6 Å². The number of nitrogens with zero attached hydrogens (tertiary/aromatic N) is 7. The first-order chi connectivity index (χ1) is 14.1. The Morgan fingerprint density at radius 1 is 1.03 bits per heavy atom. The monoisotopic (exact) mass is 423 g/mol. The Balaban J connectivity index is 1.36. The molecule has 1 saturated carbocycles. The summed E-state index contributed by atoms with van der Waals surface area (Å²) in [5, 5.41) is 15.0. The summed E-state index contributed by atoms with van der Waals surface area (Å²) in [7, 11) is 3.79. The van der Waals surface area contributed by atoms with E-state index in [9.17, 15) is 0 Å². The topological polar surface area (TPSA) is 74.3 Å². The summed E-state index contributed by atoms with van der Waals surface area (Å²) in [6.07, 6.45) is 4.56. The molecule has 146 valence electrons. The van der Waals surface area contributed by atoms with Crippen molar-refractivity contribution in [1.29, 1.82) is 0 Å². The first-order valence-electron chi connectivity index (χ1n) is 9.23. The summed E-state index contributed by atoms with van der Waals surface area (Å²) in [5.41, 5.74) is 3.33. The Hall–Kier alpha value is -2.71. The van der Waals surface area contributed by atoms with Crippen molar-refractivity contribution in [3.63, 3.8) is 0 Å². The van der Waals surface area contributed by atoms with Gasteiger partial charge in [0.25, 0.3) is 0 Å². The van der Waals surface area contributed by atoms with Crippen LogP contribution in [0.4, 0.5) is 0 Å². The number of benzene rings is 1. The van der Waals surface area contributed by atoms with Crippen LogP contribution in [0.2, 0.25) is 5.02 Å². The van der Waals surface area contributed by atoms with Crippen molar-refractivity contribution < 1.29 is 0 Å². The Bertz CT molecular complexity index is 1150. The average Bonchev–Trinajstić information content (AvgIpc) is 3.28. The highest BCUT2D eigenvalue weighted by Gasteiger charge is 2.42. The fraction of sp³-hybridized carbons (Fsp3) is 0.250. The lowest BCUT2D eigenvalue weighted by atomic mass is 10.1. The fourth-order valence-electron chi connectivity index (χ4n) is 3.44. The molecule has 0 spiro atoms. The summed E-state index contributed by atoms with van der Waals surface area (Å²) < 4.78 is 2.01. The largest absolute Gasteiger partial charge is 0.328 e. The van der Waals surface area contributed by atoms with Crippen LogP contribution in [0.5, 0.6) is 0 Å². The molecule has 0 radical (unpaired) electrons. The van der Waals surface area contributed by atoms with Gasteiger partial charge in [0.15, 0.2) is 5.82 Å². The van der Waals surface area contributed by atoms with Crippen LogP contribution in [0.25, 0.3) is 11.3 Å². The van der Waals surface area contributed by atoms with Gasteiger partial charge in [-0.15, -0.1) is 10.2 Å². The Morgan fingerprint density at radius 2 is 1.86 bits per heavy atom. The molecule has 0 bridgehead atoms. The molecule has 1 fully saturated rings. The van der Waals surface area contributed by atoms with Crippen LogP contribution in [-0.2, 0) is 14.1 Å². The van der Waals surface area contributed by atoms with Gasteiger partial charge in [-0.2, -0.15) is 4.80 Å². The smallest absolute Gasteiger partial charge is 0.178 e. The number of pyridine rings is 1. The van der Waals surface area contributed by atoms with Gasteiger partial charge < -0.3 is 4.57 Å². The Kier molecular flexibility index (Phi) is 4.60. The molecule has 1 aromatic carbocycles. The van der Waals surface area contributed by atoms with Gasteiger partial charge in [0.2, 0.25) is 0 Å². The van der Waals surface area contributed by atoms with Crippen LogP contribution in [-0.4, -0.2) is 34.7 Å². The molecule has 0 saturated heterocycles. The quantitative estimate of drug-likeness (QED) is 0.481. The van der Waals surface area contributed by atoms with E-state index in [1.807, 2.05) is 30.1 Å². The summed E-state index contributed by atoms with van der Waals surface area (Å²) in [6.45, 7) is 0. The number of tetrazole rings is 1. The minimum Gasteiger partial charge on any atom is -0.328 e. The molecule has 3 aromatic heterocycles. The molecule has 0 amide bonds. The molecule has 29 heavy (non-hydrogen) atoms. The second-order valence-electron chi connectivity index (χ2n) is 7.13. The molecule has 4 aromatic rings. The lowest BCUT2D eigenvalue weighted by molar-refractivity contribution is 0.627. The molecule has 1 unspecified atom stereocenters. The third-order valence-electron chi connectivity index (χ3n) is 5.04. The SMILES string of the molecule is Cn1nnc([C@H]2CC2c2ccc(-c3ncn(C)c3Sc3ccc(Cl)cn3)cc2)n1. The highest BCUT2D eigenvalue weighted by molar-refractivity contribution is 7.99. The molecule has 3 heterocycles. The molecule has 9 heteroatoms. The van der Waals surface area contributed by atoms with E-state index in [4.69, 9.17) is 11.6 Å². The number of aromatic nitrogens is 7. The predicted octanol–water partition coefficient (Wildman–Crippen LogP) is 4.08. The highest BCUT2D eigenvalue weighted by Crippen LogP contribution is 2.53. The number of halogens is 1. The van der Waals surface area contributed by atoms with Crippen molar-refractivity contribution >= 4 is 23.4 Å². The van der Waals surface area contributed by atoms with Crippen LogP contribution in [0.1, 0.15) is 29.6 Å². The average molecular weight is 424 g/mol. The molecule has 5 rings (SSSR count). The number of imidazole rings is 1. The third-order valence-corrected chi connectivity index (χ3v) is 6.39. The standard InChI is InChI=1S/C20H18ClN7S/c1-27-11-23-18(20(27)29-17-8-7-14(21)10-22-17)13-5-3-12(4-6-13)15-9-16(15)19-24-26-28(2)25-19/h3-8,10-11,15-16H,9H2,1-2H3/t15?,16-/m0/s1. The van der Waals surface area contributed by atoms with Crippen LogP contribution in [0, 0.1) is 0 Å². The Labute approximate surface area is 177 Å². The maximum absolute atomic E-state index is 5.95. The number of hydrogen-bond donors (Lipinski definition) is 0. The molecule has 1 aliphatic rings. The molecule has 0 aliphatic heterocycles. The van der Waals surface area contributed by atoms with Crippen molar-refractivity contribution in [3.05, 3.63) is 65.3 Å². The maximum Gasteiger partial charge on any atom is 0.178 e. The van der Waals surface area contributed by atoms with E-state index in [2.05, 4.69) is 49.6 Å². The summed E-state index contributed by atoms with van der Waals surface area (Å²) in [5.74, 6) is 1.66. The fourth-order valence-corrected chi connectivity index (χ4v) is 4.45. The number of aryl methyl sites for hydroxylation is 2. The Morgan fingerprint density at radius 3 is 2.55 bits per heavy atom. The van der Waals surface area contributed by atoms with Crippen LogP contribution < -0.4 is 0 Å². The third kappa shape index (κ3) is 3.65. The van der Waals surface area contributed by atoms with Crippen molar-refractivity contribution in [2.75, 3.05) is 0 Å². The number of hydrogen-bond acceptors (Lipinski definition) is 6. The molecule has 7 nitrogen and oxygen atoms in total. The molecular weight excluding hydrogens is 406 g/mol. The minimum atomic E-state index is 0.367. The van der Waals surface area contributed by atoms with E-state index in [0.29, 0.717) is 16.9 Å². The molecular formula is C20H18ClN7S. The lowest BCUT2D eigenvalue weighted by Crippen LogP contribution is -1.93. The van der Waals surface area contributed by atoms with Gasteiger partial charge in [0, 0.05) is 24.7 Å². The van der Waals surface area contributed by atoms with E-state index in [-0.39, 0.29) is 0 Å². The minimum absolute atomic E-state index is 0.367. The van der Waals surface area contributed by atoms with Gasteiger partial charge >= 0.3 is 0 Å². The van der Waals surface area contributed by atoms with Gasteiger partial charge in [-0.3, -0.25) is 0 Å². The van der Waals surface area contributed by atoms with Gasteiger partial charge in [-0.25, -0.2) is 9.97 Å². The van der Waals surface area contributed by atoms with Gasteiger partial charge in [-0.1, -0.05) is 35.9 Å². The zero-order valence-corrected chi connectivity index (χ0v) is 17.5. The van der Waals surface area contributed by atoms with E-state index < -0.39 is 0 Å². The lowest BCUT2D eigenvalue weighted by Gasteiger charge is -2.07. The van der Waals surface area contributed by atoms with Crippen molar-refractivity contribution in [2.24, 2.45) is 14.1 Å². The second-order valence-corrected chi connectivity index (χ2v) is 8.58. The van der Waals surface area contributed by atoms with E-state index in [1.165, 1.54) is 10.4 Å². The normalized spacial score (nSPS) is 18.2. The summed E-state index contributed by atoms with van der Waals surface area (Å²) in [4.78, 5) is 10.5. The second kappa shape index (κ2) is 7.27. The van der Waals surface area contributed by atoms with Gasteiger partial charge in [0.05, 0.1) is 18.4 Å². The molecule has 2 atom stereocenters. The predicted molar refractivity (Wildman–Crippen MR) is 111 cm³/mol. The van der Waals surface area contributed by atoms with Crippen LogP contribution in [0.15, 0.2) is 59.0 Å². The maximum atomic E-state index is 5.95. The first-order valence-corrected chi connectivity index (χ1v) is 10.4. The van der Waals surface area contributed by atoms with E-state index >= 15 is 0 Å². The highest BCUT2D eigenvalue weighted by atomic mass is 35.5. The van der Waals surface area contributed by atoms with Crippen molar-refractivity contribution in [1.82, 2.24) is 34.7 Å². The zero-order chi connectivity index (χ0) is 20.0. The zero-order valence-electron chi connectivity index (χ0n) is 15.9. The molecule has 1 aliphatic carbocycles. The van der Waals surface area contributed by atoms with Crippen molar-refractivity contribution in [3.8, 4) is 11.3 Å². The number of rotatable bonds is 5. The van der Waals surface area contributed by atoms with Crippen molar-refractivity contribution in [2.45, 2.75) is 28.3 Å². The first kappa shape index (κ1) is 18.3. The van der Waals surface area contributed by atoms with E-state index in [1.54, 1.807) is 25.0 Å².